The Kier molecular flexibility index (Phi) is 6.00. The van der Waals surface area contributed by atoms with Crippen LogP contribution in [-0.4, -0.2) is 40.8 Å². The molecule has 0 bridgehead atoms. The van der Waals surface area contributed by atoms with E-state index in [1.165, 1.54) is 12.8 Å². The third-order valence-electron chi connectivity index (χ3n) is 4.50. The maximum absolute atomic E-state index is 5.82. The normalized spacial score (nSPS) is 23.7. The van der Waals surface area contributed by atoms with Gasteiger partial charge in [-0.15, -0.1) is 0 Å². The van der Waals surface area contributed by atoms with E-state index >= 15 is 0 Å². The Morgan fingerprint density at radius 2 is 2.30 bits per heavy atom. The Bertz CT molecular complexity index is 528. The Morgan fingerprint density at radius 1 is 1.35 bits per heavy atom. The predicted molar refractivity (Wildman–Crippen MR) is 97.5 cm³/mol. The molecule has 2 aliphatic rings. The van der Waals surface area contributed by atoms with E-state index in [-0.39, 0.29) is 0 Å². The van der Waals surface area contributed by atoms with Crippen LogP contribution in [0, 0.1) is 5.92 Å². The van der Waals surface area contributed by atoms with Crippen LogP contribution >= 0.6 is 12.2 Å². The fourth-order valence-corrected chi connectivity index (χ4v) is 3.51. The molecule has 0 spiro atoms. The van der Waals surface area contributed by atoms with E-state index in [0.717, 1.165) is 49.8 Å². The minimum Gasteiger partial charge on any atom is -0.376 e. The van der Waals surface area contributed by atoms with Crippen molar-refractivity contribution in [3.63, 3.8) is 0 Å². The molecule has 3 rings (SSSR count). The summed E-state index contributed by atoms with van der Waals surface area (Å²) in [5, 5.41) is 4.11. The van der Waals surface area contributed by atoms with Gasteiger partial charge in [0.15, 0.2) is 5.11 Å². The number of anilines is 1. The zero-order valence-corrected chi connectivity index (χ0v) is 14.3. The third kappa shape index (κ3) is 5.01. The lowest BCUT2D eigenvalue weighted by Gasteiger charge is -2.32. The number of pyridine rings is 1. The molecule has 2 atom stereocenters. The van der Waals surface area contributed by atoms with Gasteiger partial charge in [0.2, 0.25) is 0 Å². The third-order valence-corrected chi connectivity index (χ3v) is 4.86. The van der Waals surface area contributed by atoms with Gasteiger partial charge in [-0.1, -0.05) is 12.2 Å². The molecule has 0 aromatic carbocycles. The second-order valence-electron chi connectivity index (χ2n) is 6.36. The van der Waals surface area contributed by atoms with Crippen LogP contribution < -0.4 is 5.32 Å². The molecule has 1 N–H and O–H groups in total. The van der Waals surface area contributed by atoms with E-state index in [2.05, 4.69) is 27.4 Å². The maximum atomic E-state index is 5.82. The molecule has 4 nitrogen and oxygen atoms in total. The number of allylic oxidation sites excluding steroid dienone is 2. The number of nitrogens with one attached hydrogen (secondary N) is 1. The molecule has 2 heterocycles. The minimum atomic E-state index is 0.308. The number of nitrogens with zero attached hydrogens (tertiary/aromatic N) is 2. The topological polar surface area (TPSA) is 37.4 Å². The van der Waals surface area contributed by atoms with Crippen LogP contribution in [0.5, 0.6) is 0 Å². The lowest BCUT2D eigenvalue weighted by atomic mass is 9.94. The van der Waals surface area contributed by atoms with E-state index in [1.54, 1.807) is 12.4 Å². The summed E-state index contributed by atoms with van der Waals surface area (Å²) in [7, 11) is 0. The van der Waals surface area contributed by atoms with Gasteiger partial charge in [-0.25, -0.2) is 0 Å². The van der Waals surface area contributed by atoms with Gasteiger partial charge >= 0.3 is 0 Å². The van der Waals surface area contributed by atoms with Crippen molar-refractivity contribution in [1.29, 1.82) is 0 Å². The molecule has 0 saturated carbocycles. The second kappa shape index (κ2) is 8.41. The summed E-state index contributed by atoms with van der Waals surface area (Å²) in [5.41, 5.74) is 0.943. The Balaban J connectivity index is 1.62. The summed E-state index contributed by atoms with van der Waals surface area (Å²) >= 11 is 5.67. The minimum absolute atomic E-state index is 0.308. The van der Waals surface area contributed by atoms with Gasteiger partial charge in [0.05, 0.1) is 18.0 Å². The van der Waals surface area contributed by atoms with E-state index in [9.17, 15) is 0 Å². The van der Waals surface area contributed by atoms with Crippen LogP contribution in [0.15, 0.2) is 36.7 Å². The molecule has 0 amide bonds. The van der Waals surface area contributed by atoms with Gasteiger partial charge in [0.1, 0.15) is 0 Å². The first-order chi connectivity index (χ1) is 11.3. The van der Waals surface area contributed by atoms with Gasteiger partial charge < -0.3 is 15.0 Å². The fraction of sp³-hybridized carbons (Fsp3) is 0.556. The lowest BCUT2D eigenvalue weighted by molar-refractivity contribution is 0.0882. The highest BCUT2D eigenvalue weighted by Crippen LogP contribution is 2.21. The zero-order chi connectivity index (χ0) is 15.9. The highest BCUT2D eigenvalue weighted by atomic mass is 32.1. The average molecular weight is 331 g/mol. The number of rotatable bonds is 5. The molecule has 1 aromatic rings. The predicted octanol–water partition coefficient (Wildman–Crippen LogP) is 3.62. The number of hydrogen-bond donors (Lipinski definition) is 1. The van der Waals surface area contributed by atoms with Crippen molar-refractivity contribution in [3.05, 3.63) is 36.7 Å². The Morgan fingerprint density at radius 3 is 3.00 bits per heavy atom. The van der Waals surface area contributed by atoms with Crippen molar-refractivity contribution in [2.45, 2.75) is 38.2 Å². The van der Waals surface area contributed by atoms with Crippen LogP contribution in [0.2, 0.25) is 0 Å². The molecule has 124 valence electrons. The number of aromatic nitrogens is 1. The van der Waals surface area contributed by atoms with E-state index < -0.39 is 0 Å². The van der Waals surface area contributed by atoms with E-state index in [0.29, 0.717) is 12.0 Å². The van der Waals surface area contributed by atoms with Crippen molar-refractivity contribution < 1.29 is 4.74 Å². The van der Waals surface area contributed by atoms with E-state index in [4.69, 9.17) is 17.0 Å². The van der Waals surface area contributed by atoms with Crippen molar-refractivity contribution in [3.8, 4) is 0 Å². The second-order valence-corrected chi connectivity index (χ2v) is 6.75. The Hall–Kier alpha value is -1.46. The highest BCUT2D eigenvalue weighted by molar-refractivity contribution is 7.80. The summed E-state index contributed by atoms with van der Waals surface area (Å²) in [6.07, 6.45) is 14.3. The van der Waals surface area contributed by atoms with Crippen molar-refractivity contribution >= 4 is 23.0 Å². The quantitative estimate of drug-likeness (QED) is 0.659. The fourth-order valence-electron chi connectivity index (χ4n) is 3.25. The van der Waals surface area contributed by atoms with Gasteiger partial charge in [0, 0.05) is 25.9 Å². The van der Waals surface area contributed by atoms with Crippen LogP contribution in [-0.2, 0) is 4.74 Å². The smallest absolute Gasteiger partial charge is 0.173 e. The summed E-state index contributed by atoms with van der Waals surface area (Å²) in [5.74, 6) is 0.676. The van der Waals surface area contributed by atoms with Crippen LogP contribution in [0.4, 0.5) is 5.69 Å². The number of ether oxygens (including phenoxy) is 1. The molecule has 1 aromatic heterocycles. The summed E-state index contributed by atoms with van der Waals surface area (Å²) in [4.78, 5) is 6.44. The zero-order valence-electron chi connectivity index (χ0n) is 13.5. The number of hydrogen-bond acceptors (Lipinski definition) is 3. The molecule has 1 saturated heterocycles. The van der Waals surface area contributed by atoms with Crippen molar-refractivity contribution in [1.82, 2.24) is 9.88 Å². The van der Waals surface area contributed by atoms with Gasteiger partial charge in [-0.2, -0.15) is 0 Å². The molecule has 23 heavy (non-hydrogen) atoms. The van der Waals surface area contributed by atoms with Crippen LogP contribution in [0.25, 0.3) is 0 Å². The first kappa shape index (κ1) is 16.4. The molecular weight excluding hydrogens is 306 g/mol. The molecule has 0 unspecified atom stereocenters. The molecule has 1 fully saturated rings. The molecular formula is C18H25N3OS. The van der Waals surface area contributed by atoms with Crippen LogP contribution in [0.3, 0.4) is 0 Å². The standard InChI is InChI=1S/C18H25N3OS/c23-18(20-16-8-4-10-19-12-16)21(14-17-9-5-11-22-17)13-15-6-2-1-3-7-15/h1-2,4,8,10,12,15,17H,3,5-7,9,11,13-14H2,(H,20,23)/t15-,17+/m0/s1. The largest absolute Gasteiger partial charge is 0.376 e. The average Bonchev–Trinajstić information content (AvgIpc) is 3.09. The van der Waals surface area contributed by atoms with Crippen molar-refractivity contribution in [2.75, 3.05) is 25.0 Å². The molecule has 0 radical (unpaired) electrons. The maximum Gasteiger partial charge on any atom is 0.173 e. The van der Waals surface area contributed by atoms with Gasteiger partial charge in [-0.3, -0.25) is 4.98 Å². The first-order valence-electron chi connectivity index (χ1n) is 8.54. The SMILES string of the molecule is S=C(Nc1cccnc1)N(C[C@H]1CC=CCC1)C[C@H]1CCCO1. The van der Waals surface area contributed by atoms with Crippen LogP contribution in [0.1, 0.15) is 32.1 Å². The summed E-state index contributed by atoms with van der Waals surface area (Å²) in [6.45, 7) is 2.76. The van der Waals surface area contributed by atoms with E-state index in [1.807, 2.05) is 12.1 Å². The van der Waals surface area contributed by atoms with Crippen molar-refractivity contribution in [2.24, 2.45) is 5.92 Å². The monoisotopic (exact) mass is 331 g/mol. The lowest BCUT2D eigenvalue weighted by Crippen LogP contribution is -2.42. The molecule has 1 aliphatic heterocycles. The summed E-state index contributed by atoms with van der Waals surface area (Å²) < 4.78 is 5.82. The first-order valence-corrected chi connectivity index (χ1v) is 8.94. The summed E-state index contributed by atoms with van der Waals surface area (Å²) in [6, 6.07) is 3.91. The molecule has 5 heteroatoms. The van der Waals surface area contributed by atoms with Gasteiger partial charge in [-0.05, 0) is 62.4 Å². The van der Waals surface area contributed by atoms with Gasteiger partial charge in [0.25, 0.3) is 0 Å². The number of thiocarbonyl (C=S) groups is 1. The highest BCUT2D eigenvalue weighted by Gasteiger charge is 2.23. The Labute approximate surface area is 143 Å². The molecule has 1 aliphatic carbocycles.